The van der Waals surface area contributed by atoms with Gasteiger partial charge in [0.1, 0.15) is 11.2 Å². The van der Waals surface area contributed by atoms with Crippen LogP contribution in [0.1, 0.15) is 25.0 Å². The van der Waals surface area contributed by atoms with Crippen LogP contribution in [0.3, 0.4) is 0 Å². The van der Waals surface area contributed by atoms with Gasteiger partial charge in [0, 0.05) is 87.4 Å². The second-order valence-corrected chi connectivity index (χ2v) is 39.5. The van der Waals surface area contributed by atoms with Gasteiger partial charge in [-0.25, -0.2) is 0 Å². The molecule has 0 aliphatic heterocycles. The molecule has 25 aromatic carbocycles. The van der Waals surface area contributed by atoms with Crippen LogP contribution in [-0.4, -0.2) is 0 Å². The van der Waals surface area contributed by atoms with Gasteiger partial charge in [-0.15, -0.1) is 11.3 Å². The Kier molecular flexibility index (Phi) is 22.5. The fraction of sp³-hybridized carbons (Fsp3) is 0.0213. The zero-order valence-electron chi connectivity index (χ0n) is 80.7. The Hall–Kier alpha value is -18.5. The van der Waals surface area contributed by atoms with Crippen LogP contribution >= 0.6 is 11.3 Å². The Morgan fingerprint density at radius 3 is 0.966 bits per heavy atom. The highest BCUT2D eigenvalue weighted by molar-refractivity contribution is 7.25. The Balaban J connectivity index is 0.000000112. The molecule has 5 heteroatoms. The molecule has 2 heterocycles. The monoisotopic (exact) mass is 1880 g/mol. The number of rotatable bonds is 16. The van der Waals surface area contributed by atoms with Gasteiger partial charge in [0.2, 0.25) is 0 Å². The Morgan fingerprint density at radius 2 is 0.473 bits per heavy atom. The van der Waals surface area contributed by atoms with Gasteiger partial charge in [0.25, 0.3) is 0 Å². The molecule has 0 saturated heterocycles. The first-order valence-corrected chi connectivity index (χ1v) is 51.0. The summed E-state index contributed by atoms with van der Waals surface area (Å²) in [4.78, 5) is 7.16. The van der Waals surface area contributed by atoms with Crippen LogP contribution in [0.2, 0.25) is 0 Å². The Morgan fingerprint density at radius 1 is 0.164 bits per heavy atom. The van der Waals surface area contributed by atoms with Crippen molar-refractivity contribution in [1.82, 2.24) is 0 Å². The third kappa shape index (κ3) is 16.1. The van der Waals surface area contributed by atoms with Gasteiger partial charge in [-0.3, -0.25) is 0 Å². The van der Waals surface area contributed by atoms with E-state index in [0.29, 0.717) is 0 Å². The largest absolute Gasteiger partial charge is 0.456 e. The minimum Gasteiger partial charge on any atom is -0.456 e. The number of thiophene rings is 1. The Bertz CT molecular complexity index is 9270. The molecule has 2 aromatic heterocycles. The number of anilines is 9. The Labute approximate surface area is 853 Å². The lowest BCUT2D eigenvalue weighted by Crippen LogP contribution is -2.15. The normalized spacial score (nSPS) is 12.0. The van der Waals surface area contributed by atoms with E-state index in [9.17, 15) is 0 Å². The summed E-state index contributed by atoms with van der Waals surface area (Å²) >= 11 is 1.86. The molecule has 1 aliphatic rings. The number of benzene rings is 25. The van der Waals surface area contributed by atoms with Gasteiger partial charge in [-0.1, -0.05) is 420 Å². The molecular formula is C141H97N3OS. The topological polar surface area (TPSA) is 22.9 Å². The van der Waals surface area contributed by atoms with E-state index >= 15 is 0 Å². The highest BCUT2D eigenvalue weighted by Crippen LogP contribution is 2.54. The van der Waals surface area contributed by atoms with E-state index in [1.54, 1.807) is 0 Å². The van der Waals surface area contributed by atoms with Gasteiger partial charge in [-0.05, 0) is 305 Å². The van der Waals surface area contributed by atoms with Crippen LogP contribution in [0.4, 0.5) is 51.2 Å². The average molecular weight is 1880 g/mol. The molecule has 0 unspecified atom stereocenters. The van der Waals surface area contributed by atoms with Crippen molar-refractivity contribution in [2.45, 2.75) is 19.3 Å². The smallest absolute Gasteiger partial charge is 0.135 e. The number of furan rings is 1. The zero-order chi connectivity index (χ0) is 97.1. The van der Waals surface area contributed by atoms with Crippen LogP contribution in [-0.2, 0) is 5.41 Å². The maximum Gasteiger partial charge on any atom is 0.135 e. The van der Waals surface area contributed by atoms with Crippen molar-refractivity contribution in [2.75, 3.05) is 14.7 Å². The molecule has 28 rings (SSSR count). The fourth-order valence-corrected chi connectivity index (χ4v) is 23.6. The maximum absolute atomic E-state index is 6.18. The van der Waals surface area contributed by atoms with E-state index in [-0.39, 0.29) is 5.41 Å². The molecule has 0 spiro atoms. The molecule has 0 amide bonds. The molecule has 1 aliphatic carbocycles. The van der Waals surface area contributed by atoms with E-state index in [4.69, 9.17) is 4.42 Å². The first kappa shape index (κ1) is 87.7. The molecule has 0 atom stereocenters. The lowest BCUT2D eigenvalue weighted by Gasteiger charge is -2.29. The van der Waals surface area contributed by atoms with Crippen molar-refractivity contribution >= 4 is 169 Å². The molecular weight excluding hydrogens is 1780 g/mol. The highest BCUT2D eigenvalue weighted by atomic mass is 32.1. The molecule has 27 aromatic rings. The fourth-order valence-electron chi connectivity index (χ4n) is 22.5. The van der Waals surface area contributed by atoms with Crippen LogP contribution in [0.5, 0.6) is 0 Å². The van der Waals surface area contributed by atoms with E-state index in [0.717, 1.165) is 73.1 Å². The van der Waals surface area contributed by atoms with Crippen LogP contribution in [0, 0.1) is 0 Å². The molecule has 4 nitrogen and oxygen atoms in total. The van der Waals surface area contributed by atoms with Crippen LogP contribution < -0.4 is 14.7 Å². The van der Waals surface area contributed by atoms with Gasteiger partial charge in [0.05, 0.1) is 5.69 Å². The van der Waals surface area contributed by atoms with Gasteiger partial charge >= 0.3 is 0 Å². The van der Waals surface area contributed by atoms with Gasteiger partial charge in [0.15, 0.2) is 0 Å². The minimum absolute atomic E-state index is 0.0634. The number of nitrogens with zero attached hydrogens (tertiary/aromatic N) is 3. The average Bonchev–Trinajstić information content (AvgIpc) is 1.51. The lowest BCUT2D eigenvalue weighted by molar-refractivity contribution is 0.660. The third-order valence-electron chi connectivity index (χ3n) is 29.6. The predicted octanol–water partition coefficient (Wildman–Crippen LogP) is 40.6. The van der Waals surface area contributed by atoms with Crippen LogP contribution in [0.15, 0.2) is 556 Å². The second kappa shape index (κ2) is 37.5. The molecule has 0 bridgehead atoms. The SMILES string of the molecule is CC1(C)c2ccccc2-c2cc(N(c3ccc(-c4cc5ccccc5c5ccccc45)cc3)c3ccccc3-c3ccccc3-c3ccccc3)ccc21.c1ccc(-c2ccc(N(c3ccc(-c4cc5ccccc5c5ccccc45)cc3)c3ccc4oc5ccccc5c4c3)cc2)cc1.c1ccc(-c2ccc(N(c3ccc(-c4cc5ccccc5c5ccccc45)cc3)c3ccc4sc5ccccc5c4c3)cc2)cc1. The molecule has 0 radical (unpaired) electrons. The number of hydrogen-bond donors (Lipinski definition) is 0. The van der Waals surface area contributed by atoms with Crippen molar-refractivity contribution in [3.8, 4) is 89.0 Å². The van der Waals surface area contributed by atoms with E-state index < -0.39 is 0 Å². The highest BCUT2D eigenvalue weighted by Gasteiger charge is 2.36. The second-order valence-electron chi connectivity index (χ2n) is 38.4. The standard InChI is InChI=1S/C53H39N.C44H29NO.C44H29NS/c1-53(2)50-26-14-12-24-46(50)49-35-40(32-33-51(49)53)54(52-27-15-13-25-47(52)44-22-9-8-19-41(44)36-16-4-3-5-17-36)39-30-28-37(29-31-39)48-34-38-18-6-7-20-42(38)43-21-10-11-23-45(43)48;2*1-2-10-30(11-3-1)31-18-22-34(23-19-31)45(36-26-27-44-42(29-36)40-16-8-9-17-43(40)46-44)35-24-20-32(21-25-35)41-28-33-12-4-5-13-37(33)38-14-6-7-15-39(38)41/h3-35H,1-2H3;2*1-29H. The number of fused-ring (bicyclic) bond motifs is 18. The van der Waals surface area contributed by atoms with Crippen molar-refractivity contribution in [1.29, 1.82) is 0 Å². The first-order chi connectivity index (χ1) is 72.2. The summed E-state index contributed by atoms with van der Waals surface area (Å²) in [6, 6.07) is 200. The summed E-state index contributed by atoms with van der Waals surface area (Å²) in [5.41, 5.74) is 34.1. The first-order valence-electron chi connectivity index (χ1n) is 50.2. The molecule has 688 valence electrons. The summed E-state index contributed by atoms with van der Waals surface area (Å²) in [6.45, 7) is 4.69. The quantitative estimate of drug-likeness (QED) is 0.0900. The summed E-state index contributed by atoms with van der Waals surface area (Å²) < 4.78 is 8.80. The van der Waals surface area contributed by atoms with Gasteiger partial charge < -0.3 is 19.1 Å². The summed E-state index contributed by atoms with van der Waals surface area (Å²) in [6.07, 6.45) is 0. The van der Waals surface area contributed by atoms with Crippen molar-refractivity contribution < 1.29 is 4.42 Å². The summed E-state index contributed by atoms with van der Waals surface area (Å²) in [7, 11) is 0. The van der Waals surface area contributed by atoms with E-state index in [1.165, 1.54) is 185 Å². The lowest BCUT2D eigenvalue weighted by atomic mass is 9.82. The van der Waals surface area contributed by atoms with E-state index in [1.807, 2.05) is 23.5 Å². The zero-order valence-corrected chi connectivity index (χ0v) is 81.5. The van der Waals surface area contributed by atoms with Crippen molar-refractivity contribution in [3.63, 3.8) is 0 Å². The molecule has 0 saturated carbocycles. The minimum atomic E-state index is -0.0634. The summed E-state index contributed by atoms with van der Waals surface area (Å²) in [5, 5.41) is 20.1. The van der Waals surface area contributed by atoms with Crippen LogP contribution in [0.25, 0.3) is 196 Å². The van der Waals surface area contributed by atoms with Crippen molar-refractivity contribution in [2.24, 2.45) is 0 Å². The molecule has 0 fully saturated rings. The molecule has 0 N–H and O–H groups in total. The summed E-state index contributed by atoms with van der Waals surface area (Å²) in [5.74, 6) is 0. The number of hydrogen-bond acceptors (Lipinski definition) is 5. The van der Waals surface area contributed by atoms with Gasteiger partial charge in [-0.2, -0.15) is 0 Å². The predicted molar refractivity (Wildman–Crippen MR) is 624 cm³/mol. The maximum atomic E-state index is 6.18. The number of para-hydroxylation sites is 2. The van der Waals surface area contributed by atoms with Crippen molar-refractivity contribution in [3.05, 3.63) is 563 Å². The molecule has 146 heavy (non-hydrogen) atoms. The third-order valence-corrected chi connectivity index (χ3v) is 30.7. The van der Waals surface area contributed by atoms with E-state index in [2.05, 4.69) is 568 Å².